The zero-order valence-electron chi connectivity index (χ0n) is 10.3. The molecule has 1 atom stereocenters. The Morgan fingerprint density at radius 1 is 1.61 bits per heavy atom. The van der Waals surface area contributed by atoms with Gasteiger partial charge in [-0.15, -0.1) is 0 Å². The largest absolute Gasteiger partial charge is 0.301 e. The molecule has 0 heterocycles. The summed E-state index contributed by atoms with van der Waals surface area (Å²) >= 11 is 5.99. The molecule has 1 aromatic carbocycles. The third-order valence-electron chi connectivity index (χ3n) is 2.52. The standard InChI is InChI=1S/C12H14ClN3O2/c1-9(6-14)7-15(2)8-10-11(13)4-3-5-12(10)16(17)18/h3-5,9H,7-8H2,1-2H3. The van der Waals surface area contributed by atoms with Crippen molar-refractivity contribution in [3.8, 4) is 6.07 Å². The van der Waals surface area contributed by atoms with Crippen molar-refractivity contribution in [3.05, 3.63) is 38.9 Å². The lowest BCUT2D eigenvalue weighted by Gasteiger charge is -2.18. The van der Waals surface area contributed by atoms with E-state index in [0.29, 0.717) is 23.7 Å². The number of halogens is 1. The van der Waals surface area contributed by atoms with E-state index in [2.05, 4.69) is 6.07 Å². The highest BCUT2D eigenvalue weighted by atomic mass is 35.5. The van der Waals surface area contributed by atoms with Crippen LogP contribution in [0.25, 0.3) is 0 Å². The van der Waals surface area contributed by atoms with Crippen LogP contribution in [0.1, 0.15) is 12.5 Å². The Morgan fingerprint density at radius 3 is 2.83 bits per heavy atom. The molecular weight excluding hydrogens is 254 g/mol. The van der Waals surface area contributed by atoms with Gasteiger partial charge in [0.05, 0.1) is 27.5 Å². The van der Waals surface area contributed by atoms with E-state index in [0.717, 1.165) is 0 Å². The van der Waals surface area contributed by atoms with Crippen LogP contribution in [0, 0.1) is 27.4 Å². The van der Waals surface area contributed by atoms with E-state index in [-0.39, 0.29) is 11.6 Å². The van der Waals surface area contributed by atoms with Crippen LogP contribution < -0.4 is 0 Å². The first-order valence-corrected chi connectivity index (χ1v) is 5.83. The smallest absolute Gasteiger partial charge is 0.275 e. The number of nitrogens with zero attached hydrogens (tertiary/aromatic N) is 3. The van der Waals surface area contributed by atoms with Crippen LogP contribution in [0.2, 0.25) is 5.02 Å². The summed E-state index contributed by atoms with van der Waals surface area (Å²) in [5.41, 5.74) is 0.496. The quantitative estimate of drug-likeness (QED) is 0.607. The monoisotopic (exact) mass is 267 g/mol. The van der Waals surface area contributed by atoms with Gasteiger partial charge in [-0.3, -0.25) is 10.1 Å². The summed E-state index contributed by atoms with van der Waals surface area (Å²) in [5, 5.41) is 20.0. The molecule has 0 aliphatic heterocycles. The van der Waals surface area contributed by atoms with Crippen molar-refractivity contribution >= 4 is 17.3 Å². The van der Waals surface area contributed by atoms with Crippen LogP contribution in [-0.2, 0) is 6.54 Å². The average Bonchev–Trinajstić information content (AvgIpc) is 2.31. The molecule has 1 rings (SSSR count). The third kappa shape index (κ3) is 3.69. The van der Waals surface area contributed by atoms with Gasteiger partial charge >= 0.3 is 0 Å². The van der Waals surface area contributed by atoms with Crippen molar-refractivity contribution in [3.63, 3.8) is 0 Å². The van der Waals surface area contributed by atoms with Gasteiger partial charge in [0.25, 0.3) is 5.69 Å². The highest BCUT2D eigenvalue weighted by molar-refractivity contribution is 6.31. The highest BCUT2D eigenvalue weighted by Crippen LogP contribution is 2.27. The minimum Gasteiger partial charge on any atom is -0.301 e. The van der Waals surface area contributed by atoms with Crippen LogP contribution in [0.4, 0.5) is 5.69 Å². The van der Waals surface area contributed by atoms with E-state index >= 15 is 0 Å². The van der Waals surface area contributed by atoms with Crippen molar-refractivity contribution in [2.24, 2.45) is 5.92 Å². The van der Waals surface area contributed by atoms with Gasteiger partial charge in [0.1, 0.15) is 0 Å². The molecule has 0 radical (unpaired) electrons. The molecule has 0 N–H and O–H groups in total. The lowest BCUT2D eigenvalue weighted by atomic mass is 10.1. The van der Waals surface area contributed by atoms with Crippen LogP contribution in [0.15, 0.2) is 18.2 Å². The SMILES string of the molecule is CC(C#N)CN(C)Cc1c(Cl)cccc1[N+](=O)[O-]. The summed E-state index contributed by atoms with van der Waals surface area (Å²) in [5.74, 6) is -0.128. The molecular formula is C12H14ClN3O2. The van der Waals surface area contributed by atoms with Crippen LogP contribution >= 0.6 is 11.6 Å². The summed E-state index contributed by atoms with van der Waals surface area (Å²) in [4.78, 5) is 12.3. The van der Waals surface area contributed by atoms with E-state index in [1.807, 2.05) is 4.90 Å². The zero-order chi connectivity index (χ0) is 13.7. The van der Waals surface area contributed by atoms with Crippen LogP contribution in [0.3, 0.4) is 0 Å². The third-order valence-corrected chi connectivity index (χ3v) is 2.88. The van der Waals surface area contributed by atoms with Crippen LogP contribution in [0.5, 0.6) is 0 Å². The maximum Gasteiger partial charge on any atom is 0.275 e. The molecule has 1 aromatic rings. The fraction of sp³-hybridized carbons (Fsp3) is 0.417. The molecule has 0 bridgehead atoms. The van der Waals surface area contributed by atoms with Crippen LogP contribution in [-0.4, -0.2) is 23.4 Å². The molecule has 1 unspecified atom stereocenters. The summed E-state index contributed by atoms with van der Waals surface area (Å²) < 4.78 is 0. The topological polar surface area (TPSA) is 70.2 Å². The van der Waals surface area contributed by atoms with Gasteiger partial charge < -0.3 is 4.90 Å². The first kappa shape index (κ1) is 14.4. The summed E-state index contributed by atoms with van der Waals surface area (Å²) in [6, 6.07) is 6.75. The van der Waals surface area contributed by atoms with Gasteiger partial charge in [0.15, 0.2) is 0 Å². The molecule has 18 heavy (non-hydrogen) atoms. The van der Waals surface area contributed by atoms with E-state index in [9.17, 15) is 10.1 Å². The molecule has 96 valence electrons. The molecule has 0 fully saturated rings. The Balaban J connectivity index is 2.90. The van der Waals surface area contributed by atoms with E-state index in [1.54, 1.807) is 26.1 Å². The second-order valence-electron chi connectivity index (χ2n) is 4.22. The normalized spacial score (nSPS) is 12.2. The predicted molar refractivity (Wildman–Crippen MR) is 69.2 cm³/mol. The molecule has 0 spiro atoms. The maximum atomic E-state index is 10.9. The second-order valence-corrected chi connectivity index (χ2v) is 4.63. The number of nitro benzene ring substituents is 1. The Kier molecular flexibility index (Phi) is 5.08. The first-order chi connectivity index (χ1) is 8.45. The highest BCUT2D eigenvalue weighted by Gasteiger charge is 2.18. The number of benzene rings is 1. The Hall–Kier alpha value is -1.64. The van der Waals surface area contributed by atoms with E-state index in [4.69, 9.17) is 16.9 Å². The van der Waals surface area contributed by atoms with E-state index < -0.39 is 4.92 Å². The maximum absolute atomic E-state index is 10.9. The fourth-order valence-corrected chi connectivity index (χ4v) is 1.95. The predicted octanol–water partition coefficient (Wildman–Crippen LogP) is 2.84. The number of nitriles is 1. The molecule has 5 nitrogen and oxygen atoms in total. The van der Waals surface area contributed by atoms with Gasteiger partial charge in [-0.25, -0.2) is 0 Å². The Morgan fingerprint density at radius 2 is 2.28 bits per heavy atom. The van der Waals surface area contributed by atoms with Gasteiger partial charge in [-0.1, -0.05) is 17.7 Å². The first-order valence-electron chi connectivity index (χ1n) is 5.45. The van der Waals surface area contributed by atoms with Crippen molar-refractivity contribution in [1.82, 2.24) is 4.90 Å². The number of hydrogen-bond donors (Lipinski definition) is 0. The zero-order valence-corrected chi connectivity index (χ0v) is 11.0. The van der Waals surface area contributed by atoms with Crippen molar-refractivity contribution in [2.45, 2.75) is 13.5 Å². The minimum atomic E-state index is -0.442. The van der Waals surface area contributed by atoms with Crippen molar-refractivity contribution in [2.75, 3.05) is 13.6 Å². The van der Waals surface area contributed by atoms with Crippen molar-refractivity contribution in [1.29, 1.82) is 5.26 Å². The fourth-order valence-electron chi connectivity index (χ4n) is 1.72. The Bertz CT molecular complexity index is 485. The van der Waals surface area contributed by atoms with Gasteiger partial charge in [-0.05, 0) is 20.0 Å². The van der Waals surface area contributed by atoms with Crippen molar-refractivity contribution < 1.29 is 4.92 Å². The van der Waals surface area contributed by atoms with Gasteiger partial charge in [0, 0.05) is 19.2 Å². The van der Waals surface area contributed by atoms with E-state index in [1.165, 1.54) is 6.07 Å². The van der Waals surface area contributed by atoms with Gasteiger partial charge in [0.2, 0.25) is 0 Å². The molecule has 0 aromatic heterocycles. The lowest BCUT2D eigenvalue weighted by Crippen LogP contribution is -2.24. The Labute approximate surface area is 111 Å². The summed E-state index contributed by atoms with van der Waals surface area (Å²) in [6.45, 7) is 2.69. The number of nitro groups is 1. The molecule has 0 saturated carbocycles. The summed E-state index contributed by atoms with van der Waals surface area (Å²) in [7, 11) is 1.81. The molecule has 0 aliphatic rings. The second kappa shape index (κ2) is 6.34. The number of hydrogen-bond acceptors (Lipinski definition) is 4. The van der Waals surface area contributed by atoms with Gasteiger partial charge in [-0.2, -0.15) is 5.26 Å². The average molecular weight is 268 g/mol. The number of rotatable bonds is 5. The lowest BCUT2D eigenvalue weighted by molar-refractivity contribution is -0.385. The molecule has 0 amide bonds. The molecule has 6 heteroatoms. The summed E-state index contributed by atoms with van der Waals surface area (Å²) in [6.07, 6.45) is 0. The molecule has 0 aliphatic carbocycles. The molecule has 0 saturated heterocycles. The minimum absolute atomic E-state index is 0.0129.